The molecule has 1 N–H and O–H groups in total. The zero-order valence-electron chi connectivity index (χ0n) is 13.6. The predicted molar refractivity (Wildman–Crippen MR) is 90.0 cm³/mol. The van der Waals surface area contributed by atoms with Gasteiger partial charge in [-0.25, -0.2) is 9.78 Å². The molecule has 3 rings (SSSR count). The molecule has 0 fully saturated rings. The summed E-state index contributed by atoms with van der Waals surface area (Å²) in [6.07, 6.45) is 4.08. The minimum absolute atomic E-state index is 0.0944. The summed E-state index contributed by atoms with van der Waals surface area (Å²) < 4.78 is 10.3. The summed E-state index contributed by atoms with van der Waals surface area (Å²) in [7, 11) is 0. The minimum Gasteiger partial charge on any atom is -0.493 e. The molecular weight excluding hydrogens is 308 g/mol. The highest BCUT2D eigenvalue weighted by atomic mass is 16.5. The van der Waals surface area contributed by atoms with E-state index in [1.54, 1.807) is 6.92 Å². The molecule has 1 aromatic heterocycles. The molecule has 24 heavy (non-hydrogen) atoms. The molecule has 6 heteroatoms. The zero-order chi connectivity index (χ0) is 17.1. The monoisotopic (exact) mass is 326 g/mol. The van der Waals surface area contributed by atoms with Gasteiger partial charge in [0.25, 0.3) is 5.56 Å². The Morgan fingerprint density at radius 2 is 2.29 bits per heavy atom. The van der Waals surface area contributed by atoms with Gasteiger partial charge in [-0.1, -0.05) is 6.07 Å². The van der Waals surface area contributed by atoms with Gasteiger partial charge in [0.2, 0.25) is 0 Å². The quantitative estimate of drug-likeness (QED) is 0.873. The number of rotatable bonds is 4. The highest BCUT2D eigenvalue weighted by molar-refractivity contribution is 5.88. The van der Waals surface area contributed by atoms with Crippen molar-refractivity contribution in [3.63, 3.8) is 0 Å². The number of nitrogens with zero attached hydrogens (tertiary/aromatic N) is 1. The van der Waals surface area contributed by atoms with E-state index in [1.165, 1.54) is 11.8 Å². The maximum absolute atomic E-state index is 12.0. The lowest BCUT2D eigenvalue weighted by molar-refractivity contribution is 0.0523. The Kier molecular flexibility index (Phi) is 4.46. The number of carbonyl (C=O) groups excluding carboxylic acids is 1. The second-order valence-corrected chi connectivity index (χ2v) is 5.49. The molecule has 6 nitrogen and oxygen atoms in total. The first-order chi connectivity index (χ1) is 11.6. The second kappa shape index (κ2) is 6.70. The summed E-state index contributed by atoms with van der Waals surface area (Å²) in [5, 5.41) is 0. The van der Waals surface area contributed by atoms with Gasteiger partial charge in [-0.05, 0) is 48.8 Å². The van der Waals surface area contributed by atoms with Crippen LogP contribution in [0, 0.1) is 0 Å². The van der Waals surface area contributed by atoms with Gasteiger partial charge < -0.3 is 14.5 Å². The van der Waals surface area contributed by atoms with E-state index in [-0.39, 0.29) is 12.2 Å². The van der Waals surface area contributed by atoms with Crippen LogP contribution in [-0.4, -0.2) is 29.2 Å². The number of carbonyl (C=O) groups is 1. The van der Waals surface area contributed by atoms with E-state index >= 15 is 0 Å². The van der Waals surface area contributed by atoms with Crippen molar-refractivity contribution < 1.29 is 14.3 Å². The number of aromatic amines is 1. The van der Waals surface area contributed by atoms with E-state index in [2.05, 4.69) is 16.0 Å². The van der Waals surface area contributed by atoms with Crippen molar-refractivity contribution in [3.05, 3.63) is 57.3 Å². The van der Waals surface area contributed by atoms with E-state index in [9.17, 15) is 9.59 Å². The summed E-state index contributed by atoms with van der Waals surface area (Å²) in [5.41, 5.74) is 2.38. The third kappa shape index (κ3) is 3.22. The van der Waals surface area contributed by atoms with E-state index in [1.807, 2.05) is 25.1 Å². The summed E-state index contributed by atoms with van der Waals surface area (Å²) >= 11 is 0. The fourth-order valence-electron chi connectivity index (χ4n) is 2.56. The van der Waals surface area contributed by atoms with Crippen LogP contribution in [0.25, 0.3) is 11.6 Å². The van der Waals surface area contributed by atoms with Gasteiger partial charge in [0.1, 0.15) is 17.1 Å². The van der Waals surface area contributed by atoms with Gasteiger partial charge in [-0.2, -0.15) is 0 Å². The van der Waals surface area contributed by atoms with E-state index in [4.69, 9.17) is 9.47 Å². The number of aromatic nitrogens is 2. The number of nitrogens with one attached hydrogen (secondary N) is 1. The SMILES string of the molecule is CCOC(=O)c1cnc(C(C)=Cc2ccc3c(c2)CCO3)[nH]c1=O. The second-order valence-electron chi connectivity index (χ2n) is 5.49. The largest absolute Gasteiger partial charge is 0.493 e. The normalized spacial score (nSPS) is 13.3. The Hall–Kier alpha value is -2.89. The standard InChI is InChI=1S/C18H18N2O4/c1-3-23-18(22)14-10-19-16(20-17(14)21)11(2)8-12-4-5-15-13(9-12)6-7-24-15/h4-5,8-10H,3,6-7H2,1-2H3,(H,19,20,21). The zero-order valence-corrected chi connectivity index (χ0v) is 13.6. The molecule has 2 heterocycles. The van der Waals surface area contributed by atoms with Crippen LogP contribution in [0.5, 0.6) is 5.75 Å². The first kappa shape index (κ1) is 16.0. The number of allylic oxidation sites excluding steroid dienone is 1. The molecule has 0 aliphatic carbocycles. The highest BCUT2D eigenvalue weighted by Crippen LogP contribution is 2.27. The number of benzene rings is 1. The summed E-state index contributed by atoms with van der Waals surface area (Å²) in [4.78, 5) is 30.5. The van der Waals surface area contributed by atoms with Crippen LogP contribution in [0.1, 0.15) is 41.2 Å². The lowest BCUT2D eigenvalue weighted by Gasteiger charge is -2.05. The van der Waals surface area contributed by atoms with Crippen molar-refractivity contribution in [2.75, 3.05) is 13.2 Å². The van der Waals surface area contributed by atoms with Crippen LogP contribution in [0.15, 0.2) is 29.2 Å². The topological polar surface area (TPSA) is 81.3 Å². The maximum Gasteiger partial charge on any atom is 0.345 e. The van der Waals surface area contributed by atoms with Gasteiger partial charge >= 0.3 is 5.97 Å². The number of hydrogen-bond donors (Lipinski definition) is 1. The number of fused-ring (bicyclic) bond motifs is 1. The Bertz CT molecular complexity index is 868. The number of ether oxygens (including phenoxy) is 2. The number of hydrogen-bond acceptors (Lipinski definition) is 5. The van der Waals surface area contributed by atoms with Crippen LogP contribution in [0.3, 0.4) is 0 Å². The van der Waals surface area contributed by atoms with Crippen molar-refractivity contribution >= 4 is 17.6 Å². The smallest absolute Gasteiger partial charge is 0.345 e. The Balaban J connectivity index is 1.87. The molecule has 0 saturated carbocycles. The lowest BCUT2D eigenvalue weighted by Crippen LogP contribution is -2.21. The molecule has 0 bridgehead atoms. The van der Waals surface area contributed by atoms with Gasteiger partial charge in [-0.3, -0.25) is 4.79 Å². The van der Waals surface area contributed by atoms with Crippen LogP contribution in [-0.2, 0) is 11.2 Å². The average Bonchev–Trinajstić information content (AvgIpc) is 3.02. The summed E-state index contributed by atoms with van der Waals surface area (Å²) in [5.74, 6) is 0.679. The van der Waals surface area contributed by atoms with Crippen molar-refractivity contribution in [2.24, 2.45) is 0 Å². The van der Waals surface area contributed by atoms with E-state index in [0.717, 1.165) is 23.3 Å². The molecule has 1 aromatic carbocycles. The van der Waals surface area contributed by atoms with Gasteiger partial charge in [0, 0.05) is 12.6 Å². The molecular formula is C18H18N2O4. The molecule has 1 aliphatic heterocycles. The third-order valence-electron chi connectivity index (χ3n) is 3.76. The molecule has 0 unspecified atom stereocenters. The predicted octanol–water partition coefficient (Wildman–Crippen LogP) is 2.44. The van der Waals surface area contributed by atoms with E-state index in [0.29, 0.717) is 12.4 Å². The Labute approximate surface area is 139 Å². The molecule has 0 atom stereocenters. The first-order valence-corrected chi connectivity index (χ1v) is 7.79. The van der Waals surface area contributed by atoms with Crippen molar-refractivity contribution in [2.45, 2.75) is 20.3 Å². The van der Waals surface area contributed by atoms with Gasteiger partial charge in [0.15, 0.2) is 0 Å². The van der Waals surface area contributed by atoms with Gasteiger partial charge in [0.05, 0.1) is 13.2 Å². The molecule has 2 aromatic rings. The van der Waals surface area contributed by atoms with Crippen LogP contribution < -0.4 is 10.3 Å². The molecule has 0 radical (unpaired) electrons. The minimum atomic E-state index is -0.668. The van der Waals surface area contributed by atoms with Gasteiger partial charge in [-0.15, -0.1) is 0 Å². The van der Waals surface area contributed by atoms with E-state index < -0.39 is 11.5 Å². The first-order valence-electron chi connectivity index (χ1n) is 7.79. The third-order valence-corrected chi connectivity index (χ3v) is 3.76. The fraction of sp³-hybridized carbons (Fsp3) is 0.278. The molecule has 124 valence electrons. The van der Waals surface area contributed by atoms with Crippen LogP contribution >= 0.6 is 0 Å². The summed E-state index contributed by atoms with van der Waals surface area (Å²) in [6.45, 7) is 4.46. The number of esters is 1. The van der Waals surface area contributed by atoms with Crippen molar-refractivity contribution in [1.82, 2.24) is 9.97 Å². The molecule has 0 spiro atoms. The maximum atomic E-state index is 12.0. The summed E-state index contributed by atoms with van der Waals surface area (Å²) in [6, 6.07) is 5.97. The number of H-pyrrole nitrogens is 1. The van der Waals surface area contributed by atoms with Crippen LogP contribution in [0.2, 0.25) is 0 Å². The van der Waals surface area contributed by atoms with Crippen molar-refractivity contribution in [1.29, 1.82) is 0 Å². The molecule has 1 aliphatic rings. The Morgan fingerprint density at radius 1 is 1.46 bits per heavy atom. The highest BCUT2D eigenvalue weighted by Gasteiger charge is 2.14. The average molecular weight is 326 g/mol. The molecule has 0 amide bonds. The Morgan fingerprint density at radius 3 is 3.04 bits per heavy atom. The molecule has 0 saturated heterocycles. The van der Waals surface area contributed by atoms with Crippen LogP contribution in [0.4, 0.5) is 0 Å². The van der Waals surface area contributed by atoms with Crippen molar-refractivity contribution in [3.8, 4) is 5.75 Å². The fourth-order valence-corrected chi connectivity index (χ4v) is 2.56. The lowest BCUT2D eigenvalue weighted by atomic mass is 10.1.